The number of hydrogen-bond acceptors (Lipinski definition) is 4. The van der Waals surface area contributed by atoms with Gasteiger partial charge in [0.15, 0.2) is 20.3 Å². The van der Waals surface area contributed by atoms with E-state index in [2.05, 4.69) is 33.9 Å². The van der Waals surface area contributed by atoms with Gasteiger partial charge in [0.2, 0.25) is 0 Å². The van der Waals surface area contributed by atoms with Crippen molar-refractivity contribution in [3.05, 3.63) is 35.9 Å². The van der Waals surface area contributed by atoms with E-state index < -0.39 is 31.9 Å². The third-order valence-corrected chi connectivity index (χ3v) is 11.3. The van der Waals surface area contributed by atoms with E-state index in [1.165, 1.54) is 0 Å². The Labute approximate surface area is 177 Å². The lowest BCUT2D eigenvalue weighted by Gasteiger charge is -2.49. The fourth-order valence-corrected chi connectivity index (χ4v) is 5.33. The number of benzene rings is 1. The molecule has 0 N–H and O–H groups in total. The molecule has 1 saturated heterocycles. The Kier molecular flexibility index (Phi) is 7.39. The molecular formula is C23H40FNO3Si. The summed E-state index contributed by atoms with van der Waals surface area (Å²) in [5.74, 6) is 0. The maximum Gasteiger partial charge on any atom is 0.192 e. The standard InChI is InChI=1S/C23H40FNO3Si/c1-10-26-20-16-19(25(27-20)17-18-14-12-11-13-15-18)23(7,24)22(5,6)28-29(8,9)21(2,3)4/h11-15,19-20H,10,16-17H2,1-9H3. The van der Waals surface area contributed by atoms with Crippen LogP contribution >= 0.6 is 0 Å². The summed E-state index contributed by atoms with van der Waals surface area (Å²) in [6.45, 7) is 19.2. The monoisotopic (exact) mass is 425 g/mol. The first-order valence-electron chi connectivity index (χ1n) is 10.7. The van der Waals surface area contributed by atoms with Gasteiger partial charge in [-0.25, -0.2) is 4.39 Å². The van der Waals surface area contributed by atoms with Crippen LogP contribution in [0.25, 0.3) is 0 Å². The minimum absolute atomic E-state index is 0.00408. The molecule has 1 fully saturated rings. The lowest BCUT2D eigenvalue weighted by atomic mass is 9.81. The van der Waals surface area contributed by atoms with E-state index in [-0.39, 0.29) is 5.04 Å². The van der Waals surface area contributed by atoms with Crippen LogP contribution in [-0.4, -0.2) is 43.6 Å². The molecule has 1 aromatic carbocycles. The zero-order valence-electron chi connectivity index (χ0n) is 19.7. The fourth-order valence-electron chi connectivity index (χ4n) is 3.55. The molecule has 1 aliphatic rings. The molecule has 1 aliphatic heterocycles. The van der Waals surface area contributed by atoms with Crippen LogP contribution in [0.2, 0.25) is 18.1 Å². The predicted octanol–water partition coefficient (Wildman–Crippen LogP) is 6.08. The molecule has 166 valence electrons. The number of hydrogen-bond donors (Lipinski definition) is 0. The second-order valence-electron chi connectivity index (χ2n) is 10.3. The van der Waals surface area contributed by atoms with Crippen LogP contribution in [0.1, 0.15) is 60.5 Å². The summed E-state index contributed by atoms with van der Waals surface area (Å²) in [4.78, 5) is 6.02. The summed E-state index contributed by atoms with van der Waals surface area (Å²) >= 11 is 0. The average molecular weight is 426 g/mol. The Bertz CT molecular complexity index is 658. The molecule has 6 heteroatoms. The zero-order chi connectivity index (χ0) is 22.1. The van der Waals surface area contributed by atoms with Crippen LogP contribution in [0.3, 0.4) is 0 Å². The average Bonchev–Trinajstić information content (AvgIpc) is 2.97. The fraction of sp³-hybridized carbons (Fsp3) is 0.739. The Morgan fingerprint density at radius 3 is 2.21 bits per heavy atom. The summed E-state index contributed by atoms with van der Waals surface area (Å²) in [7, 11) is -2.16. The van der Waals surface area contributed by atoms with Crippen molar-refractivity contribution >= 4 is 8.32 Å². The minimum Gasteiger partial charge on any atom is -0.409 e. The number of alkyl halides is 1. The SMILES string of the molecule is CCOC1CC(C(C)(F)C(C)(C)O[Si](C)(C)C(C)(C)C)N(Cc2ccccc2)O1. The van der Waals surface area contributed by atoms with Crippen LogP contribution in [-0.2, 0) is 20.5 Å². The maximum atomic E-state index is 16.6. The van der Waals surface area contributed by atoms with E-state index in [9.17, 15) is 0 Å². The van der Waals surface area contributed by atoms with Crippen LogP contribution in [0.15, 0.2) is 30.3 Å². The van der Waals surface area contributed by atoms with Crippen LogP contribution in [0.5, 0.6) is 0 Å². The van der Waals surface area contributed by atoms with Crippen LogP contribution < -0.4 is 0 Å². The first-order valence-corrected chi connectivity index (χ1v) is 13.6. The van der Waals surface area contributed by atoms with E-state index in [1.54, 1.807) is 12.0 Å². The highest BCUT2D eigenvalue weighted by Gasteiger charge is 2.57. The molecule has 0 aromatic heterocycles. The first kappa shape index (κ1) is 24.5. The van der Waals surface area contributed by atoms with E-state index >= 15 is 4.39 Å². The normalized spacial score (nSPS) is 23.9. The number of rotatable bonds is 8. The van der Waals surface area contributed by atoms with Gasteiger partial charge in [-0.2, -0.15) is 5.06 Å². The molecule has 0 saturated carbocycles. The number of ether oxygens (including phenoxy) is 1. The van der Waals surface area contributed by atoms with Crippen molar-refractivity contribution in [3.63, 3.8) is 0 Å². The lowest BCUT2D eigenvalue weighted by Crippen LogP contribution is -2.62. The lowest BCUT2D eigenvalue weighted by molar-refractivity contribution is -0.256. The summed E-state index contributed by atoms with van der Waals surface area (Å²) < 4.78 is 28.9. The van der Waals surface area contributed by atoms with Crippen molar-refractivity contribution in [1.29, 1.82) is 0 Å². The van der Waals surface area contributed by atoms with Crippen LogP contribution in [0.4, 0.5) is 4.39 Å². The minimum atomic E-state index is -2.16. The molecule has 2 rings (SSSR count). The topological polar surface area (TPSA) is 30.9 Å². The Morgan fingerprint density at radius 1 is 1.10 bits per heavy atom. The van der Waals surface area contributed by atoms with Crippen molar-refractivity contribution in [3.8, 4) is 0 Å². The van der Waals surface area contributed by atoms with Gasteiger partial charge in [0.05, 0.1) is 11.6 Å². The second-order valence-corrected chi connectivity index (χ2v) is 15.0. The largest absolute Gasteiger partial charge is 0.409 e. The Morgan fingerprint density at radius 2 is 1.69 bits per heavy atom. The number of halogens is 1. The highest BCUT2D eigenvalue weighted by molar-refractivity contribution is 6.74. The van der Waals surface area contributed by atoms with Crippen LogP contribution in [0, 0.1) is 0 Å². The molecule has 1 heterocycles. The van der Waals surface area contributed by atoms with Gasteiger partial charge in [-0.05, 0) is 51.4 Å². The van der Waals surface area contributed by atoms with Crippen molar-refractivity contribution in [1.82, 2.24) is 5.06 Å². The van der Waals surface area contributed by atoms with Crippen molar-refractivity contribution < 1.29 is 18.4 Å². The maximum absolute atomic E-state index is 16.6. The van der Waals surface area contributed by atoms with Crippen molar-refractivity contribution in [2.75, 3.05) is 6.61 Å². The molecule has 4 nitrogen and oxygen atoms in total. The molecule has 3 unspecified atom stereocenters. The highest BCUT2D eigenvalue weighted by Crippen LogP contribution is 2.46. The quantitative estimate of drug-likeness (QED) is 0.472. The smallest absolute Gasteiger partial charge is 0.192 e. The van der Waals surface area contributed by atoms with Gasteiger partial charge in [-0.3, -0.25) is 4.84 Å². The molecule has 0 bridgehead atoms. The zero-order valence-corrected chi connectivity index (χ0v) is 20.7. The molecule has 3 atom stereocenters. The van der Waals surface area contributed by atoms with Gasteiger partial charge < -0.3 is 9.16 Å². The molecular weight excluding hydrogens is 385 g/mol. The van der Waals surface area contributed by atoms with Gasteiger partial charge in [0.25, 0.3) is 0 Å². The third-order valence-electron chi connectivity index (χ3n) is 6.67. The summed E-state index contributed by atoms with van der Waals surface area (Å²) in [6, 6.07) is 9.53. The molecule has 0 amide bonds. The number of hydroxylamine groups is 2. The molecule has 1 aromatic rings. The summed E-state index contributed by atoms with van der Waals surface area (Å²) in [5.41, 5.74) is -1.53. The van der Waals surface area contributed by atoms with Gasteiger partial charge in [0, 0.05) is 19.6 Å². The van der Waals surface area contributed by atoms with Crippen molar-refractivity contribution in [2.24, 2.45) is 0 Å². The Balaban J connectivity index is 2.29. The van der Waals surface area contributed by atoms with Crippen molar-refractivity contribution in [2.45, 2.75) is 103 Å². The third kappa shape index (κ3) is 5.47. The van der Waals surface area contributed by atoms with E-state index in [1.807, 2.05) is 51.1 Å². The molecule has 0 spiro atoms. The summed E-state index contributed by atoms with van der Waals surface area (Å²) in [5, 5.41) is 1.76. The highest BCUT2D eigenvalue weighted by atomic mass is 28.4. The second kappa shape index (κ2) is 8.75. The first-order chi connectivity index (χ1) is 13.2. The molecule has 0 radical (unpaired) electrons. The van der Waals surface area contributed by atoms with Gasteiger partial charge in [-0.1, -0.05) is 51.1 Å². The van der Waals surface area contributed by atoms with E-state index in [0.717, 1.165) is 5.56 Å². The van der Waals surface area contributed by atoms with E-state index in [4.69, 9.17) is 14.0 Å². The van der Waals surface area contributed by atoms with E-state index in [0.29, 0.717) is 19.6 Å². The van der Waals surface area contributed by atoms with Gasteiger partial charge in [-0.15, -0.1) is 0 Å². The number of nitrogens with zero attached hydrogens (tertiary/aromatic N) is 1. The van der Waals surface area contributed by atoms with Gasteiger partial charge in [0.1, 0.15) is 0 Å². The Hall–Kier alpha value is -0.793. The predicted molar refractivity (Wildman–Crippen MR) is 119 cm³/mol. The van der Waals surface area contributed by atoms with Gasteiger partial charge >= 0.3 is 0 Å². The molecule has 29 heavy (non-hydrogen) atoms. The summed E-state index contributed by atoms with van der Waals surface area (Å²) in [6.07, 6.45) is 0.0327. The molecule has 0 aliphatic carbocycles.